The lowest BCUT2D eigenvalue weighted by molar-refractivity contribution is 0.102. The first-order valence-corrected chi connectivity index (χ1v) is 9.30. The first-order chi connectivity index (χ1) is 14.1. The Morgan fingerprint density at radius 1 is 1.03 bits per heavy atom. The Balaban J connectivity index is 1.58. The quantitative estimate of drug-likeness (QED) is 0.541. The van der Waals surface area contributed by atoms with E-state index < -0.39 is 0 Å². The Morgan fingerprint density at radius 2 is 1.79 bits per heavy atom. The number of hydrogen-bond acceptors (Lipinski definition) is 6. The summed E-state index contributed by atoms with van der Waals surface area (Å²) in [5, 5.41) is 5.88. The van der Waals surface area contributed by atoms with E-state index in [2.05, 4.69) is 20.6 Å². The summed E-state index contributed by atoms with van der Waals surface area (Å²) in [7, 11) is 1.62. The molecule has 7 nitrogen and oxygen atoms in total. The summed E-state index contributed by atoms with van der Waals surface area (Å²) in [6.07, 6.45) is 0. The van der Waals surface area contributed by atoms with Gasteiger partial charge in [0.05, 0.1) is 6.61 Å². The minimum absolute atomic E-state index is 0.293. The molecule has 150 valence electrons. The SMILES string of the molecule is COCCNc1nc(C)cc(C(=O)Nc2ccc(OCc3ccccc3)cc2)n1. The molecule has 0 unspecified atom stereocenters. The highest BCUT2D eigenvalue weighted by molar-refractivity contribution is 6.03. The summed E-state index contributed by atoms with van der Waals surface area (Å²) in [5.74, 6) is 0.828. The van der Waals surface area contributed by atoms with Gasteiger partial charge in [-0.1, -0.05) is 30.3 Å². The van der Waals surface area contributed by atoms with Gasteiger partial charge in [-0.25, -0.2) is 9.97 Å². The van der Waals surface area contributed by atoms with Gasteiger partial charge in [0.1, 0.15) is 18.1 Å². The van der Waals surface area contributed by atoms with Crippen LogP contribution in [0.25, 0.3) is 0 Å². The van der Waals surface area contributed by atoms with Crippen LogP contribution in [0.1, 0.15) is 21.7 Å². The van der Waals surface area contributed by atoms with Crippen molar-refractivity contribution in [3.05, 3.63) is 77.6 Å². The number of ether oxygens (including phenoxy) is 2. The molecule has 0 fully saturated rings. The van der Waals surface area contributed by atoms with Crippen molar-refractivity contribution in [3.63, 3.8) is 0 Å². The monoisotopic (exact) mass is 392 g/mol. The van der Waals surface area contributed by atoms with E-state index in [0.717, 1.165) is 11.3 Å². The average molecular weight is 392 g/mol. The molecule has 0 aliphatic rings. The van der Waals surface area contributed by atoms with Crippen molar-refractivity contribution in [1.82, 2.24) is 9.97 Å². The lowest BCUT2D eigenvalue weighted by atomic mass is 10.2. The standard InChI is InChI=1S/C22H24N4O3/c1-16-14-20(26-22(24-16)23-12-13-28-2)21(27)25-18-8-10-19(11-9-18)29-15-17-6-4-3-5-7-17/h3-11,14H,12-13,15H2,1-2H3,(H,25,27)(H,23,24,26). The Bertz CT molecular complexity index is 931. The molecule has 0 bridgehead atoms. The lowest BCUT2D eigenvalue weighted by Gasteiger charge is -2.10. The van der Waals surface area contributed by atoms with Gasteiger partial charge in [-0.05, 0) is 42.8 Å². The van der Waals surface area contributed by atoms with Crippen molar-refractivity contribution in [2.24, 2.45) is 0 Å². The molecular weight excluding hydrogens is 368 g/mol. The third-order valence-corrected chi connectivity index (χ3v) is 4.04. The molecule has 3 aromatic rings. The lowest BCUT2D eigenvalue weighted by Crippen LogP contribution is -2.17. The van der Waals surface area contributed by atoms with Crippen LogP contribution in [0.3, 0.4) is 0 Å². The number of benzene rings is 2. The molecular formula is C22H24N4O3. The minimum atomic E-state index is -0.303. The van der Waals surface area contributed by atoms with Crippen LogP contribution in [0, 0.1) is 6.92 Å². The van der Waals surface area contributed by atoms with Gasteiger partial charge in [-0.15, -0.1) is 0 Å². The Labute approximate surface area is 170 Å². The number of carbonyl (C=O) groups excluding carboxylic acids is 1. The zero-order chi connectivity index (χ0) is 20.5. The molecule has 2 N–H and O–H groups in total. The largest absolute Gasteiger partial charge is 0.489 e. The van der Waals surface area contributed by atoms with Crippen LogP contribution < -0.4 is 15.4 Å². The summed E-state index contributed by atoms with van der Waals surface area (Å²) in [4.78, 5) is 21.1. The van der Waals surface area contributed by atoms with Crippen LogP contribution in [0.2, 0.25) is 0 Å². The molecule has 29 heavy (non-hydrogen) atoms. The van der Waals surface area contributed by atoms with Crippen LogP contribution in [0.5, 0.6) is 5.75 Å². The summed E-state index contributed by atoms with van der Waals surface area (Å²) >= 11 is 0. The molecule has 7 heteroatoms. The second kappa shape index (κ2) is 10.2. The molecule has 0 spiro atoms. The second-order valence-electron chi connectivity index (χ2n) is 6.39. The van der Waals surface area contributed by atoms with Crippen LogP contribution in [-0.4, -0.2) is 36.1 Å². The van der Waals surface area contributed by atoms with Gasteiger partial charge < -0.3 is 20.1 Å². The van der Waals surface area contributed by atoms with E-state index in [0.29, 0.717) is 42.8 Å². The van der Waals surface area contributed by atoms with E-state index in [9.17, 15) is 4.79 Å². The highest BCUT2D eigenvalue weighted by Gasteiger charge is 2.11. The maximum atomic E-state index is 12.6. The van der Waals surface area contributed by atoms with Crippen molar-refractivity contribution in [1.29, 1.82) is 0 Å². The van der Waals surface area contributed by atoms with Crippen LogP contribution >= 0.6 is 0 Å². The first kappa shape index (κ1) is 20.3. The number of carbonyl (C=O) groups is 1. The Morgan fingerprint density at radius 3 is 2.52 bits per heavy atom. The summed E-state index contributed by atoms with van der Waals surface area (Å²) in [6.45, 7) is 3.40. The van der Waals surface area contributed by atoms with E-state index in [1.165, 1.54) is 0 Å². The molecule has 0 aliphatic heterocycles. The minimum Gasteiger partial charge on any atom is -0.489 e. The molecule has 3 rings (SSSR count). The number of methoxy groups -OCH3 is 1. The van der Waals surface area contributed by atoms with Gasteiger partial charge in [0, 0.05) is 25.0 Å². The zero-order valence-electron chi connectivity index (χ0n) is 16.5. The smallest absolute Gasteiger partial charge is 0.274 e. The van der Waals surface area contributed by atoms with Gasteiger partial charge in [-0.2, -0.15) is 0 Å². The highest BCUT2D eigenvalue weighted by Crippen LogP contribution is 2.18. The highest BCUT2D eigenvalue weighted by atomic mass is 16.5. The van der Waals surface area contributed by atoms with Gasteiger partial charge in [0.2, 0.25) is 5.95 Å². The summed E-state index contributed by atoms with van der Waals surface area (Å²) in [6, 6.07) is 18.8. The number of anilines is 2. The van der Waals surface area contributed by atoms with E-state index in [4.69, 9.17) is 9.47 Å². The number of aryl methyl sites for hydroxylation is 1. The van der Waals surface area contributed by atoms with E-state index >= 15 is 0 Å². The molecule has 0 atom stereocenters. The van der Waals surface area contributed by atoms with Crippen molar-refractivity contribution < 1.29 is 14.3 Å². The Hall–Kier alpha value is -3.45. The molecule has 0 saturated heterocycles. The van der Waals surface area contributed by atoms with Crippen LogP contribution in [0.4, 0.5) is 11.6 Å². The summed E-state index contributed by atoms with van der Waals surface area (Å²) in [5.41, 5.74) is 2.75. The predicted octanol–water partition coefficient (Wildman–Crippen LogP) is 3.67. The van der Waals surface area contributed by atoms with Gasteiger partial charge in [0.15, 0.2) is 0 Å². The maximum Gasteiger partial charge on any atom is 0.274 e. The summed E-state index contributed by atoms with van der Waals surface area (Å²) < 4.78 is 10.8. The maximum absolute atomic E-state index is 12.6. The average Bonchev–Trinajstić information content (AvgIpc) is 2.74. The molecule has 0 radical (unpaired) electrons. The molecule has 1 heterocycles. The molecule has 0 saturated carbocycles. The van der Waals surface area contributed by atoms with E-state index in [-0.39, 0.29) is 5.91 Å². The van der Waals surface area contributed by atoms with Gasteiger partial charge >= 0.3 is 0 Å². The molecule has 2 aromatic carbocycles. The molecule has 1 amide bonds. The third-order valence-electron chi connectivity index (χ3n) is 4.04. The number of nitrogens with zero attached hydrogens (tertiary/aromatic N) is 2. The van der Waals surface area contributed by atoms with Crippen molar-refractivity contribution in [2.45, 2.75) is 13.5 Å². The van der Waals surface area contributed by atoms with E-state index in [1.54, 1.807) is 25.3 Å². The fourth-order valence-corrected chi connectivity index (χ4v) is 2.60. The van der Waals surface area contributed by atoms with Crippen molar-refractivity contribution in [3.8, 4) is 5.75 Å². The van der Waals surface area contributed by atoms with Crippen molar-refractivity contribution >= 4 is 17.5 Å². The van der Waals surface area contributed by atoms with E-state index in [1.807, 2.05) is 49.4 Å². The van der Waals surface area contributed by atoms with Crippen molar-refractivity contribution in [2.75, 3.05) is 30.9 Å². The normalized spacial score (nSPS) is 10.4. The Kier molecular flexibility index (Phi) is 7.13. The zero-order valence-corrected chi connectivity index (χ0v) is 16.5. The predicted molar refractivity (Wildman–Crippen MR) is 112 cm³/mol. The first-order valence-electron chi connectivity index (χ1n) is 9.30. The third kappa shape index (κ3) is 6.29. The second-order valence-corrected chi connectivity index (χ2v) is 6.39. The number of amides is 1. The number of nitrogens with one attached hydrogen (secondary N) is 2. The molecule has 1 aromatic heterocycles. The number of hydrogen-bond donors (Lipinski definition) is 2. The molecule has 0 aliphatic carbocycles. The fraction of sp³-hybridized carbons (Fsp3) is 0.227. The van der Waals surface area contributed by atoms with Crippen LogP contribution in [-0.2, 0) is 11.3 Å². The topological polar surface area (TPSA) is 85.4 Å². The number of aromatic nitrogens is 2. The fourth-order valence-electron chi connectivity index (χ4n) is 2.60. The van der Waals surface area contributed by atoms with Gasteiger partial charge in [-0.3, -0.25) is 4.79 Å². The van der Waals surface area contributed by atoms with Gasteiger partial charge in [0.25, 0.3) is 5.91 Å². The number of rotatable bonds is 9. The van der Waals surface area contributed by atoms with Crippen LogP contribution in [0.15, 0.2) is 60.7 Å².